The van der Waals surface area contributed by atoms with E-state index in [-0.39, 0.29) is 12.3 Å². The summed E-state index contributed by atoms with van der Waals surface area (Å²) in [6.07, 6.45) is 6.02. The second-order valence-electron chi connectivity index (χ2n) is 4.32. The highest BCUT2D eigenvalue weighted by Crippen LogP contribution is 2.26. The number of cyclic esters (lactones) is 1. The molecular formula is C13H20O4. The molecule has 0 aromatic heterocycles. The molecule has 0 amide bonds. The van der Waals surface area contributed by atoms with E-state index < -0.39 is 24.3 Å². The Morgan fingerprint density at radius 2 is 2.29 bits per heavy atom. The van der Waals surface area contributed by atoms with Crippen molar-refractivity contribution in [3.8, 4) is 0 Å². The van der Waals surface area contributed by atoms with E-state index in [0.717, 1.165) is 0 Å². The van der Waals surface area contributed by atoms with Crippen LogP contribution in [-0.2, 0) is 9.53 Å². The molecule has 2 N–H and O–H groups in total. The van der Waals surface area contributed by atoms with Crippen LogP contribution in [0.5, 0.6) is 0 Å². The van der Waals surface area contributed by atoms with Gasteiger partial charge in [-0.25, -0.2) is 0 Å². The summed E-state index contributed by atoms with van der Waals surface area (Å²) in [6, 6.07) is 0. The molecule has 1 fully saturated rings. The summed E-state index contributed by atoms with van der Waals surface area (Å²) < 4.78 is 5.19. The zero-order chi connectivity index (χ0) is 12.8. The van der Waals surface area contributed by atoms with E-state index in [1.165, 1.54) is 0 Å². The maximum Gasteiger partial charge on any atom is 0.309 e. The molecule has 0 aromatic carbocycles. The van der Waals surface area contributed by atoms with Gasteiger partial charge in [0.2, 0.25) is 0 Å². The first kappa shape index (κ1) is 13.9. The van der Waals surface area contributed by atoms with Crippen molar-refractivity contribution < 1.29 is 19.7 Å². The second kappa shape index (κ2) is 6.57. The molecule has 1 saturated heterocycles. The zero-order valence-electron chi connectivity index (χ0n) is 10.2. The third-order valence-corrected chi connectivity index (χ3v) is 2.78. The van der Waals surface area contributed by atoms with Crippen LogP contribution in [0, 0.1) is 5.92 Å². The largest absolute Gasteiger partial charge is 0.458 e. The van der Waals surface area contributed by atoms with Gasteiger partial charge in [-0.15, -0.1) is 0 Å². The maximum absolute atomic E-state index is 11.3. The highest BCUT2D eigenvalue weighted by atomic mass is 16.5. The van der Waals surface area contributed by atoms with Gasteiger partial charge in [0.15, 0.2) is 0 Å². The SMILES string of the molecule is CC=CC[C@H]1[C@@H](O)CC(=O)O[C@@H]1C=C[C@H](C)O. The summed E-state index contributed by atoms with van der Waals surface area (Å²) >= 11 is 0. The van der Waals surface area contributed by atoms with Gasteiger partial charge in [0, 0.05) is 5.92 Å². The monoisotopic (exact) mass is 240 g/mol. The number of allylic oxidation sites excluding steroid dienone is 2. The van der Waals surface area contributed by atoms with Crippen molar-refractivity contribution in [3.63, 3.8) is 0 Å². The van der Waals surface area contributed by atoms with Crippen LogP contribution in [0.1, 0.15) is 26.7 Å². The van der Waals surface area contributed by atoms with Crippen LogP contribution in [0.2, 0.25) is 0 Å². The van der Waals surface area contributed by atoms with E-state index in [2.05, 4.69) is 0 Å². The molecule has 1 aliphatic heterocycles. The van der Waals surface area contributed by atoms with Gasteiger partial charge in [-0.05, 0) is 26.3 Å². The molecule has 0 radical (unpaired) electrons. The highest BCUT2D eigenvalue weighted by molar-refractivity contribution is 5.71. The number of hydrogen-bond acceptors (Lipinski definition) is 4. The Hall–Kier alpha value is -1.13. The van der Waals surface area contributed by atoms with Gasteiger partial charge in [0.1, 0.15) is 6.10 Å². The number of rotatable bonds is 4. The fraction of sp³-hybridized carbons (Fsp3) is 0.615. The van der Waals surface area contributed by atoms with Crippen molar-refractivity contribution in [2.24, 2.45) is 5.92 Å². The van der Waals surface area contributed by atoms with Crippen LogP contribution in [0.25, 0.3) is 0 Å². The molecule has 0 unspecified atom stereocenters. The smallest absolute Gasteiger partial charge is 0.309 e. The average molecular weight is 240 g/mol. The molecule has 4 atom stereocenters. The summed E-state index contributed by atoms with van der Waals surface area (Å²) in [5, 5.41) is 19.0. The quantitative estimate of drug-likeness (QED) is 0.572. The standard InChI is InChI=1S/C13H20O4/c1-3-4-5-10-11(15)8-13(16)17-12(10)7-6-9(2)14/h3-4,6-7,9-12,14-15H,5,8H2,1-2H3/t9-,10-,11-,12+/m0/s1. The van der Waals surface area contributed by atoms with E-state index in [9.17, 15) is 15.0 Å². The van der Waals surface area contributed by atoms with Crippen molar-refractivity contribution >= 4 is 5.97 Å². The predicted molar refractivity (Wildman–Crippen MR) is 64.2 cm³/mol. The average Bonchev–Trinajstić information content (AvgIpc) is 2.24. The Balaban J connectivity index is 2.74. The molecule has 0 bridgehead atoms. The number of ether oxygens (including phenoxy) is 1. The van der Waals surface area contributed by atoms with E-state index in [1.807, 2.05) is 19.1 Å². The van der Waals surface area contributed by atoms with E-state index in [4.69, 9.17) is 4.74 Å². The number of hydrogen-bond donors (Lipinski definition) is 2. The van der Waals surface area contributed by atoms with Gasteiger partial charge in [-0.3, -0.25) is 4.79 Å². The summed E-state index contributed by atoms with van der Waals surface area (Å²) in [5.74, 6) is -0.534. The third kappa shape index (κ3) is 4.32. The molecule has 1 rings (SSSR count). The minimum absolute atomic E-state index is 0.0429. The van der Waals surface area contributed by atoms with E-state index in [1.54, 1.807) is 19.1 Å². The Morgan fingerprint density at radius 1 is 1.59 bits per heavy atom. The highest BCUT2D eigenvalue weighted by Gasteiger charge is 2.35. The van der Waals surface area contributed by atoms with Gasteiger partial charge >= 0.3 is 5.97 Å². The molecule has 17 heavy (non-hydrogen) atoms. The topological polar surface area (TPSA) is 66.8 Å². The molecule has 1 heterocycles. The van der Waals surface area contributed by atoms with Crippen LogP contribution in [0.15, 0.2) is 24.3 Å². The van der Waals surface area contributed by atoms with Crippen LogP contribution >= 0.6 is 0 Å². The van der Waals surface area contributed by atoms with Crippen molar-refractivity contribution in [2.75, 3.05) is 0 Å². The lowest BCUT2D eigenvalue weighted by atomic mass is 9.87. The maximum atomic E-state index is 11.3. The van der Waals surface area contributed by atoms with Gasteiger partial charge in [0.05, 0.1) is 18.6 Å². The molecule has 4 nitrogen and oxygen atoms in total. The molecule has 0 aliphatic carbocycles. The number of esters is 1. The third-order valence-electron chi connectivity index (χ3n) is 2.78. The fourth-order valence-electron chi connectivity index (χ4n) is 1.87. The number of carbonyl (C=O) groups is 1. The first-order valence-electron chi connectivity index (χ1n) is 5.89. The van der Waals surface area contributed by atoms with Crippen LogP contribution in [-0.4, -0.2) is 34.5 Å². The van der Waals surface area contributed by atoms with E-state index in [0.29, 0.717) is 6.42 Å². The first-order chi connectivity index (χ1) is 8.04. The zero-order valence-corrected chi connectivity index (χ0v) is 10.2. The fourth-order valence-corrected chi connectivity index (χ4v) is 1.87. The van der Waals surface area contributed by atoms with Gasteiger partial charge in [-0.2, -0.15) is 0 Å². The predicted octanol–water partition coefficient (Wildman–Crippen LogP) is 1.18. The Morgan fingerprint density at radius 3 is 2.88 bits per heavy atom. The second-order valence-corrected chi connectivity index (χ2v) is 4.32. The number of aliphatic hydroxyl groups is 2. The molecule has 0 aromatic rings. The normalized spacial score (nSPS) is 32.0. The minimum Gasteiger partial charge on any atom is -0.458 e. The summed E-state index contributed by atoms with van der Waals surface area (Å²) in [4.78, 5) is 11.3. The van der Waals surface area contributed by atoms with Crippen LogP contribution in [0.4, 0.5) is 0 Å². The molecule has 0 saturated carbocycles. The van der Waals surface area contributed by atoms with Gasteiger partial charge in [-0.1, -0.05) is 18.2 Å². The van der Waals surface area contributed by atoms with Crippen LogP contribution < -0.4 is 0 Å². The van der Waals surface area contributed by atoms with Gasteiger partial charge < -0.3 is 14.9 Å². The van der Waals surface area contributed by atoms with Crippen molar-refractivity contribution in [2.45, 2.75) is 45.0 Å². The first-order valence-corrected chi connectivity index (χ1v) is 5.89. The Kier molecular flexibility index (Phi) is 5.38. The molecular weight excluding hydrogens is 220 g/mol. The van der Waals surface area contributed by atoms with E-state index >= 15 is 0 Å². The number of aliphatic hydroxyl groups excluding tert-OH is 2. The van der Waals surface area contributed by atoms with Crippen molar-refractivity contribution in [3.05, 3.63) is 24.3 Å². The summed E-state index contributed by atoms with van der Waals surface area (Å²) in [5.41, 5.74) is 0. The molecule has 0 spiro atoms. The van der Waals surface area contributed by atoms with Gasteiger partial charge in [0.25, 0.3) is 0 Å². The Bertz CT molecular complexity index is 307. The lowest BCUT2D eigenvalue weighted by molar-refractivity contribution is -0.163. The van der Waals surface area contributed by atoms with Crippen LogP contribution in [0.3, 0.4) is 0 Å². The Labute approximate surface area is 102 Å². The molecule has 1 aliphatic rings. The summed E-state index contributed by atoms with van der Waals surface area (Å²) in [7, 11) is 0. The van der Waals surface area contributed by atoms with Crippen molar-refractivity contribution in [1.29, 1.82) is 0 Å². The molecule has 4 heteroatoms. The summed E-state index contributed by atoms with van der Waals surface area (Å²) in [6.45, 7) is 3.53. The lowest BCUT2D eigenvalue weighted by Gasteiger charge is -2.32. The lowest BCUT2D eigenvalue weighted by Crippen LogP contribution is -2.41. The minimum atomic E-state index is -0.684. The molecule has 96 valence electrons. The number of carbonyl (C=O) groups excluding carboxylic acids is 1. The van der Waals surface area contributed by atoms with Crippen molar-refractivity contribution in [1.82, 2.24) is 0 Å².